The van der Waals surface area contributed by atoms with Gasteiger partial charge in [-0.05, 0) is 78.0 Å². The van der Waals surface area contributed by atoms with E-state index in [2.05, 4.69) is 101 Å². The van der Waals surface area contributed by atoms with Gasteiger partial charge in [0.05, 0.1) is 21.8 Å². The molecule has 3 aromatic heterocycles. The third-order valence-corrected chi connectivity index (χ3v) is 10.1. The predicted molar refractivity (Wildman–Crippen MR) is 206 cm³/mol. The zero-order valence-electron chi connectivity index (χ0n) is 30.7. The Morgan fingerprint density at radius 2 is 1.59 bits per heavy atom. The minimum absolute atomic E-state index is 0. The first-order valence-corrected chi connectivity index (χ1v) is 18.5. The molecule has 49 heavy (non-hydrogen) atoms. The quantitative estimate of drug-likeness (QED) is 0.0817. The normalized spacial score (nSPS) is 12.0. The molecule has 0 aliphatic heterocycles. The van der Waals surface area contributed by atoms with Crippen LogP contribution in [0.2, 0.25) is 0 Å². The van der Waals surface area contributed by atoms with Crippen molar-refractivity contribution in [1.29, 1.82) is 0 Å². The molecule has 0 unspecified atom stereocenters. The number of fused-ring (bicyclic) bond motifs is 2. The maximum absolute atomic E-state index is 11.7. The molecular weight excluding hydrogens is 801 g/mol. The number of aliphatic hydroxyl groups is 1. The van der Waals surface area contributed by atoms with E-state index in [1.807, 2.05) is 33.9 Å². The second kappa shape index (κ2) is 18.2. The van der Waals surface area contributed by atoms with Crippen LogP contribution in [0.25, 0.3) is 43.4 Å². The predicted octanol–water partition coefficient (Wildman–Crippen LogP) is 12.3. The molecule has 5 aromatic rings. The summed E-state index contributed by atoms with van der Waals surface area (Å²) in [6, 6.07) is 23.0. The first-order chi connectivity index (χ1) is 22.9. The molecule has 0 saturated carbocycles. The number of ketones is 1. The first kappa shape index (κ1) is 40.3. The Morgan fingerprint density at radius 3 is 2.22 bits per heavy atom. The summed E-state index contributed by atoms with van der Waals surface area (Å²) in [4.78, 5) is 21.5. The van der Waals surface area contributed by atoms with Gasteiger partial charge in [-0.25, -0.2) is 0 Å². The number of nitrogens with zero attached hydrogens (tertiary/aromatic N) is 2. The summed E-state index contributed by atoms with van der Waals surface area (Å²) >= 11 is 1.78. The molecule has 5 rings (SSSR count). The molecule has 0 atom stereocenters. The fraction of sp³-hybridized carbons (Fsp3) is 0.419. The standard InChI is InChI=1S/C30H29N2S.C13H24O2.Ir/c1-19(2)14-28-29-22(11-13-33-29)18-27(32-28)21-10-12-31-26(17-21)23-15-20-8-6-7-9-24(20)25(16-23)30(3,4)5;1-5-10(6-2)12(14)9-13(15)11(7-3)8-4;/h6-13,16-19H,14H2,1-5H3;9-11,14H,5-8H2,1-4H3;/q-1;;/b;12-9-;. The van der Waals surface area contributed by atoms with Gasteiger partial charge in [-0.3, -0.25) is 14.8 Å². The number of aliphatic hydroxyl groups excluding tert-OH is 1. The molecule has 0 aliphatic carbocycles. The second-order valence-electron chi connectivity index (χ2n) is 14.2. The summed E-state index contributed by atoms with van der Waals surface area (Å²) in [7, 11) is 0. The van der Waals surface area contributed by atoms with Crippen LogP contribution in [-0.4, -0.2) is 20.9 Å². The number of aromatic nitrogens is 2. The maximum Gasteiger partial charge on any atom is 0.162 e. The number of benzene rings is 2. The van der Waals surface area contributed by atoms with Crippen molar-refractivity contribution in [3.63, 3.8) is 0 Å². The summed E-state index contributed by atoms with van der Waals surface area (Å²) in [6.07, 6.45) is 7.78. The molecule has 0 fully saturated rings. The van der Waals surface area contributed by atoms with Gasteiger partial charge in [0.25, 0.3) is 0 Å². The van der Waals surface area contributed by atoms with Gasteiger partial charge in [-0.15, -0.1) is 40.5 Å². The van der Waals surface area contributed by atoms with E-state index < -0.39 is 0 Å². The van der Waals surface area contributed by atoms with E-state index in [9.17, 15) is 9.90 Å². The third kappa shape index (κ3) is 10.2. The van der Waals surface area contributed by atoms with Gasteiger partial charge in [0, 0.05) is 49.9 Å². The summed E-state index contributed by atoms with van der Waals surface area (Å²) < 4.78 is 1.31. The van der Waals surface area contributed by atoms with Crippen LogP contribution in [0.3, 0.4) is 0 Å². The average molecular weight is 854 g/mol. The second-order valence-corrected chi connectivity index (χ2v) is 15.1. The van der Waals surface area contributed by atoms with Crippen LogP contribution >= 0.6 is 11.3 Å². The Labute approximate surface area is 311 Å². The van der Waals surface area contributed by atoms with E-state index in [1.165, 1.54) is 32.8 Å². The van der Waals surface area contributed by atoms with Gasteiger partial charge in [0.2, 0.25) is 0 Å². The molecule has 3 heterocycles. The molecular formula is C43H53IrN2O2S-. The van der Waals surface area contributed by atoms with Crippen molar-refractivity contribution < 1.29 is 30.0 Å². The van der Waals surface area contributed by atoms with Crippen LogP contribution < -0.4 is 0 Å². The van der Waals surface area contributed by atoms with Gasteiger partial charge in [0.1, 0.15) is 0 Å². The van der Waals surface area contributed by atoms with Crippen molar-refractivity contribution in [3.8, 4) is 22.5 Å². The van der Waals surface area contributed by atoms with E-state index in [-0.39, 0.29) is 48.9 Å². The molecule has 1 radical (unpaired) electrons. The minimum atomic E-state index is 0. The smallest absolute Gasteiger partial charge is 0.162 e. The Kier molecular flexibility index (Phi) is 14.9. The fourth-order valence-electron chi connectivity index (χ4n) is 6.22. The number of allylic oxidation sites excluding steroid dienone is 2. The number of pyridine rings is 2. The van der Waals surface area contributed by atoms with Gasteiger partial charge in [-0.1, -0.05) is 97.5 Å². The van der Waals surface area contributed by atoms with Crippen LogP contribution in [0.1, 0.15) is 99.3 Å². The Hall–Kier alpha value is -3.18. The largest absolute Gasteiger partial charge is 0.512 e. The number of carbonyl (C=O) groups excluding carboxylic acids is 1. The van der Waals surface area contributed by atoms with Crippen molar-refractivity contribution in [1.82, 2.24) is 9.97 Å². The van der Waals surface area contributed by atoms with Gasteiger partial charge in [-0.2, -0.15) is 0 Å². The first-order valence-electron chi connectivity index (χ1n) is 17.6. The molecule has 6 heteroatoms. The van der Waals surface area contributed by atoms with Gasteiger partial charge in [0.15, 0.2) is 5.78 Å². The molecule has 2 aromatic carbocycles. The molecule has 0 aliphatic rings. The molecule has 0 saturated heterocycles. The molecule has 0 amide bonds. The number of hydrogen-bond acceptors (Lipinski definition) is 5. The summed E-state index contributed by atoms with van der Waals surface area (Å²) in [5, 5.41) is 15.6. The number of carbonyl (C=O) groups is 1. The van der Waals surface area contributed by atoms with Gasteiger partial charge < -0.3 is 5.11 Å². The minimum Gasteiger partial charge on any atom is -0.512 e. The molecule has 0 spiro atoms. The van der Waals surface area contributed by atoms with E-state index >= 15 is 0 Å². The third-order valence-electron chi connectivity index (χ3n) is 9.10. The van der Waals surface area contributed by atoms with Crippen LogP contribution in [-0.2, 0) is 36.7 Å². The Morgan fingerprint density at radius 1 is 0.918 bits per heavy atom. The summed E-state index contributed by atoms with van der Waals surface area (Å²) in [5.41, 5.74) is 6.60. The van der Waals surface area contributed by atoms with E-state index in [4.69, 9.17) is 9.97 Å². The van der Waals surface area contributed by atoms with Crippen molar-refractivity contribution in [2.75, 3.05) is 0 Å². The van der Waals surface area contributed by atoms with Crippen molar-refractivity contribution in [3.05, 3.63) is 95.3 Å². The number of rotatable bonds is 11. The van der Waals surface area contributed by atoms with E-state index in [0.29, 0.717) is 5.92 Å². The van der Waals surface area contributed by atoms with E-state index in [0.717, 1.165) is 60.0 Å². The number of hydrogen-bond donors (Lipinski definition) is 1. The summed E-state index contributed by atoms with van der Waals surface area (Å²) in [6.45, 7) is 19.4. The van der Waals surface area contributed by atoms with E-state index in [1.54, 1.807) is 11.3 Å². The Bertz CT molecular complexity index is 1860. The molecule has 1 N–H and O–H groups in total. The Balaban J connectivity index is 0.000000347. The van der Waals surface area contributed by atoms with Crippen LogP contribution in [0.4, 0.5) is 0 Å². The molecule has 263 valence electrons. The van der Waals surface area contributed by atoms with Crippen molar-refractivity contribution >= 4 is 38.0 Å². The zero-order valence-corrected chi connectivity index (χ0v) is 33.9. The molecule has 0 bridgehead atoms. The summed E-state index contributed by atoms with van der Waals surface area (Å²) in [5.74, 6) is 1.11. The monoisotopic (exact) mass is 854 g/mol. The fourth-order valence-corrected chi connectivity index (χ4v) is 7.10. The van der Waals surface area contributed by atoms with Crippen molar-refractivity contribution in [2.24, 2.45) is 17.8 Å². The topological polar surface area (TPSA) is 63.1 Å². The molecule has 4 nitrogen and oxygen atoms in total. The number of thiophene rings is 1. The van der Waals surface area contributed by atoms with Crippen LogP contribution in [0.5, 0.6) is 0 Å². The van der Waals surface area contributed by atoms with Crippen molar-refractivity contribution in [2.45, 2.75) is 99.8 Å². The van der Waals surface area contributed by atoms with Gasteiger partial charge >= 0.3 is 0 Å². The zero-order chi connectivity index (χ0) is 35.0. The van der Waals surface area contributed by atoms with Crippen LogP contribution in [0.15, 0.2) is 78.0 Å². The van der Waals surface area contributed by atoms with Crippen LogP contribution in [0, 0.1) is 23.8 Å². The SMILES string of the molecule is CC(C)Cc1nc(-c2ccnc(-c3[c-]c4ccccc4c(C(C)(C)C)c3)c2)cc2ccsc12.CCC(CC)C(=O)/C=C(\O)C(CC)CC.[Ir]. The maximum atomic E-state index is 11.7. The average Bonchev–Trinajstić information content (AvgIpc) is 3.54.